The first kappa shape index (κ1) is 12.2. The number of carboxylic acid groups (broad SMARTS) is 1. The average Bonchev–Trinajstić information content (AvgIpc) is 2.72. The van der Waals surface area contributed by atoms with Gasteiger partial charge in [-0.2, -0.15) is 0 Å². The van der Waals surface area contributed by atoms with Crippen molar-refractivity contribution in [1.29, 1.82) is 0 Å². The molecule has 6 heteroatoms. The van der Waals surface area contributed by atoms with E-state index in [0.717, 1.165) is 0 Å². The third-order valence-electron chi connectivity index (χ3n) is 2.33. The summed E-state index contributed by atoms with van der Waals surface area (Å²) in [6, 6.07) is 6.80. The summed E-state index contributed by atoms with van der Waals surface area (Å²) in [6.07, 6.45) is -0.425. The number of rotatable bonds is 3. The molecule has 1 aliphatic rings. The second kappa shape index (κ2) is 4.20. The third kappa shape index (κ3) is 2.21. The molecule has 1 aliphatic carbocycles. The van der Waals surface area contributed by atoms with Crippen LogP contribution >= 0.6 is 43.5 Å². The molecule has 1 N–H and O–H groups in total. The van der Waals surface area contributed by atoms with E-state index in [1.807, 2.05) is 0 Å². The molecule has 1 aromatic rings. The van der Waals surface area contributed by atoms with Gasteiger partial charge in [-0.15, -0.1) is 0 Å². The molecule has 0 aliphatic heterocycles. The van der Waals surface area contributed by atoms with Crippen molar-refractivity contribution in [3.8, 4) is 5.75 Å². The summed E-state index contributed by atoms with van der Waals surface area (Å²) < 4.78 is 4.86. The Morgan fingerprint density at radius 3 is 2.38 bits per heavy atom. The van der Waals surface area contributed by atoms with Crippen molar-refractivity contribution in [3.63, 3.8) is 0 Å². The standard InChI is InChI=1S/C10H7Br2ClO3/c11-10(12)7(9(14)15)8(10)16-6-3-1-5(13)2-4-6/h1-4,7-8H,(H,14,15). The molecular weight excluding hydrogens is 363 g/mol. The van der Waals surface area contributed by atoms with Crippen LogP contribution in [0.15, 0.2) is 24.3 Å². The smallest absolute Gasteiger partial charge is 0.312 e. The van der Waals surface area contributed by atoms with E-state index in [1.165, 1.54) is 0 Å². The highest BCUT2D eigenvalue weighted by molar-refractivity contribution is 9.25. The molecule has 0 spiro atoms. The van der Waals surface area contributed by atoms with Gasteiger partial charge in [0.25, 0.3) is 0 Å². The first-order valence-corrected chi connectivity index (χ1v) is 6.42. The van der Waals surface area contributed by atoms with E-state index < -0.39 is 21.2 Å². The molecule has 0 aromatic heterocycles. The fourth-order valence-electron chi connectivity index (χ4n) is 1.40. The largest absolute Gasteiger partial charge is 0.487 e. The number of aliphatic carboxylic acids is 1. The van der Waals surface area contributed by atoms with Crippen LogP contribution in [-0.4, -0.2) is 20.4 Å². The molecule has 0 heterocycles. The Morgan fingerprint density at radius 1 is 1.38 bits per heavy atom. The maximum Gasteiger partial charge on any atom is 0.312 e. The van der Waals surface area contributed by atoms with Gasteiger partial charge < -0.3 is 9.84 Å². The lowest BCUT2D eigenvalue weighted by Crippen LogP contribution is -2.07. The van der Waals surface area contributed by atoms with Gasteiger partial charge in [0.2, 0.25) is 0 Å². The third-order valence-corrected chi connectivity index (χ3v) is 4.47. The number of hydrogen-bond donors (Lipinski definition) is 1. The zero-order valence-corrected chi connectivity index (χ0v) is 11.8. The Kier molecular flexibility index (Phi) is 3.20. The van der Waals surface area contributed by atoms with Crippen molar-refractivity contribution in [3.05, 3.63) is 29.3 Å². The zero-order chi connectivity index (χ0) is 11.9. The lowest BCUT2D eigenvalue weighted by Gasteiger charge is -2.05. The van der Waals surface area contributed by atoms with Crippen molar-refractivity contribution >= 4 is 49.4 Å². The van der Waals surface area contributed by atoms with Crippen LogP contribution in [0.5, 0.6) is 5.75 Å². The Balaban J connectivity index is 2.07. The number of carbonyl (C=O) groups is 1. The summed E-state index contributed by atoms with van der Waals surface area (Å²) in [6.45, 7) is 0. The number of ether oxygens (including phenoxy) is 1. The van der Waals surface area contributed by atoms with Crippen LogP contribution in [0.25, 0.3) is 0 Å². The van der Waals surface area contributed by atoms with Gasteiger partial charge in [0.1, 0.15) is 21.0 Å². The summed E-state index contributed by atoms with van der Waals surface area (Å²) in [4.78, 5) is 10.9. The van der Waals surface area contributed by atoms with Crippen LogP contribution < -0.4 is 4.74 Å². The minimum atomic E-state index is -0.896. The van der Waals surface area contributed by atoms with Crippen molar-refractivity contribution in [1.82, 2.24) is 0 Å². The predicted molar refractivity (Wildman–Crippen MR) is 67.6 cm³/mol. The highest BCUT2D eigenvalue weighted by Gasteiger charge is 2.69. The molecule has 86 valence electrons. The van der Waals surface area contributed by atoms with Crippen LogP contribution in [0.4, 0.5) is 0 Å². The van der Waals surface area contributed by atoms with Gasteiger partial charge in [0.15, 0.2) is 0 Å². The molecule has 1 aromatic carbocycles. The van der Waals surface area contributed by atoms with Crippen LogP contribution in [0, 0.1) is 5.92 Å². The number of hydrogen-bond acceptors (Lipinski definition) is 2. The Bertz CT molecular complexity index is 419. The zero-order valence-electron chi connectivity index (χ0n) is 7.86. The van der Waals surface area contributed by atoms with Crippen LogP contribution in [-0.2, 0) is 4.79 Å². The van der Waals surface area contributed by atoms with Crippen molar-refractivity contribution in [2.45, 2.75) is 9.34 Å². The second-order valence-corrected chi connectivity index (χ2v) is 7.61. The van der Waals surface area contributed by atoms with E-state index in [4.69, 9.17) is 21.4 Å². The highest BCUT2D eigenvalue weighted by Crippen LogP contribution is 2.58. The lowest BCUT2D eigenvalue weighted by atomic mass is 10.3. The van der Waals surface area contributed by atoms with E-state index in [-0.39, 0.29) is 0 Å². The molecule has 16 heavy (non-hydrogen) atoms. The Morgan fingerprint density at radius 2 is 1.94 bits per heavy atom. The minimum Gasteiger partial charge on any atom is -0.487 e. The lowest BCUT2D eigenvalue weighted by molar-refractivity contribution is -0.139. The monoisotopic (exact) mass is 368 g/mol. The number of carboxylic acids is 1. The van der Waals surface area contributed by atoms with Crippen LogP contribution in [0.2, 0.25) is 5.02 Å². The fourth-order valence-corrected chi connectivity index (χ4v) is 2.85. The molecule has 2 atom stereocenters. The molecular formula is C10H7Br2ClO3. The van der Waals surface area contributed by atoms with Gasteiger partial charge in [-0.3, -0.25) is 4.79 Å². The number of halogens is 3. The predicted octanol–water partition coefficient (Wildman–Crippen LogP) is 3.29. The van der Waals surface area contributed by atoms with Crippen molar-refractivity contribution in [2.24, 2.45) is 5.92 Å². The first-order chi connectivity index (χ1) is 7.43. The molecule has 2 rings (SSSR count). The van der Waals surface area contributed by atoms with Gasteiger partial charge in [-0.25, -0.2) is 0 Å². The van der Waals surface area contributed by atoms with E-state index in [0.29, 0.717) is 10.8 Å². The van der Waals surface area contributed by atoms with Crippen molar-refractivity contribution in [2.75, 3.05) is 0 Å². The molecule has 2 unspecified atom stereocenters. The molecule has 0 saturated heterocycles. The Labute approximate surface area is 114 Å². The van der Waals surface area contributed by atoms with Gasteiger partial charge >= 0.3 is 5.97 Å². The topological polar surface area (TPSA) is 46.5 Å². The summed E-state index contributed by atoms with van der Waals surface area (Å²) in [7, 11) is 0. The summed E-state index contributed by atoms with van der Waals surface area (Å²) in [5.41, 5.74) is 0. The Hall–Kier alpha value is -0.260. The van der Waals surface area contributed by atoms with Crippen molar-refractivity contribution < 1.29 is 14.6 Å². The van der Waals surface area contributed by atoms with Gasteiger partial charge in [-0.1, -0.05) is 43.5 Å². The van der Waals surface area contributed by atoms with Gasteiger partial charge in [0.05, 0.1) is 0 Å². The second-order valence-electron chi connectivity index (χ2n) is 3.48. The molecule has 0 bridgehead atoms. The van der Waals surface area contributed by atoms with Gasteiger partial charge in [-0.05, 0) is 24.3 Å². The minimum absolute atomic E-state index is 0.425. The first-order valence-electron chi connectivity index (χ1n) is 4.46. The normalized spacial score (nSPS) is 26.2. The van der Waals surface area contributed by atoms with E-state index >= 15 is 0 Å². The highest BCUT2D eigenvalue weighted by atomic mass is 79.9. The molecule has 1 saturated carbocycles. The average molecular weight is 370 g/mol. The number of alkyl halides is 2. The maximum absolute atomic E-state index is 10.9. The quantitative estimate of drug-likeness (QED) is 0.831. The van der Waals surface area contributed by atoms with Crippen LogP contribution in [0.1, 0.15) is 0 Å². The summed E-state index contributed by atoms with van der Waals surface area (Å²) in [5.74, 6) is -0.891. The maximum atomic E-state index is 10.9. The number of benzene rings is 1. The van der Waals surface area contributed by atoms with E-state index in [9.17, 15) is 4.79 Å². The molecule has 1 fully saturated rings. The van der Waals surface area contributed by atoms with Gasteiger partial charge in [0, 0.05) is 5.02 Å². The SMILES string of the molecule is O=C(O)C1C(Oc2ccc(Cl)cc2)C1(Br)Br. The molecule has 3 nitrogen and oxygen atoms in total. The van der Waals surface area contributed by atoms with E-state index in [2.05, 4.69) is 31.9 Å². The fraction of sp³-hybridized carbons (Fsp3) is 0.300. The van der Waals surface area contributed by atoms with Crippen LogP contribution in [0.3, 0.4) is 0 Å². The van der Waals surface area contributed by atoms with E-state index in [1.54, 1.807) is 24.3 Å². The molecule has 0 radical (unpaired) electrons. The summed E-state index contributed by atoms with van der Waals surface area (Å²) in [5, 5.41) is 9.53. The molecule has 0 amide bonds. The summed E-state index contributed by atoms with van der Waals surface area (Å²) >= 11 is 12.3.